The van der Waals surface area contributed by atoms with E-state index < -0.39 is 5.41 Å². The summed E-state index contributed by atoms with van der Waals surface area (Å²) in [5.74, 6) is 1.46. The van der Waals surface area contributed by atoms with Crippen LogP contribution in [0.15, 0.2) is 24.3 Å². The molecule has 0 aromatic heterocycles. The zero-order valence-corrected chi connectivity index (χ0v) is 15.9. The van der Waals surface area contributed by atoms with Crippen LogP contribution < -0.4 is 0 Å². The number of hydrogen-bond donors (Lipinski definition) is 1. The quantitative estimate of drug-likeness (QED) is 0.600. The Labute approximate surface area is 147 Å². The third-order valence-corrected chi connectivity index (χ3v) is 6.24. The van der Waals surface area contributed by atoms with Gasteiger partial charge in [-0.05, 0) is 63.7 Å². The molecule has 0 radical (unpaired) electrons. The van der Waals surface area contributed by atoms with Gasteiger partial charge in [0.1, 0.15) is 6.10 Å². The van der Waals surface area contributed by atoms with Gasteiger partial charge in [-0.25, -0.2) is 0 Å². The molecule has 6 atom stereocenters. The fraction of sp³-hybridized carbons (Fsp3) is 0.762. The highest BCUT2D eigenvalue weighted by molar-refractivity contribution is 5.76. The van der Waals surface area contributed by atoms with Gasteiger partial charge in [-0.3, -0.25) is 4.79 Å². The number of hydrogen-bond acceptors (Lipinski definition) is 3. The molecule has 0 spiro atoms. The molecule has 0 amide bonds. The molecule has 1 N–H and O–H groups in total. The highest BCUT2D eigenvalue weighted by Crippen LogP contribution is 2.46. The Balaban J connectivity index is 2.26. The lowest BCUT2D eigenvalue weighted by Crippen LogP contribution is -2.47. The molecule has 0 bridgehead atoms. The van der Waals surface area contributed by atoms with Crippen molar-refractivity contribution in [2.75, 3.05) is 6.61 Å². The smallest absolute Gasteiger partial charge is 0.311 e. The van der Waals surface area contributed by atoms with Crippen molar-refractivity contribution < 1.29 is 14.6 Å². The Kier molecular flexibility index (Phi) is 6.30. The minimum absolute atomic E-state index is 0.103. The lowest BCUT2D eigenvalue weighted by atomic mass is 9.61. The van der Waals surface area contributed by atoms with E-state index in [-0.39, 0.29) is 30.5 Å². The van der Waals surface area contributed by atoms with Gasteiger partial charge >= 0.3 is 5.97 Å². The summed E-state index contributed by atoms with van der Waals surface area (Å²) in [6.45, 7) is 10.3. The molecule has 0 unspecified atom stereocenters. The molecule has 2 aliphatic carbocycles. The molecular weight excluding hydrogens is 300 g/mol. The number of fused-ring (bicyclic) bond motifs is 1. The van der Waals surface area contributed by atoms with E-state index in [2.05, 4.69) is 31.2 Å². The van der Waals surface area contributed by atoms with E-state index >= 15 is 0 Å². The summed E-state index contributed by atoms with van der Waals surface area (Å²) in [5.41, 5.74) is -0.451. The summed E-state index contributed by atoms with van der Waals surface area (Å²) >= 11 is 0. The molecule has 136 valence electrons. The number of rotatable bonds is 5. The van der Waals surface area contributed by atoms with Crippen molar-refractivity contribution in [1.29, 1.82) is 0 Å². The van der Waals surface area contributed by atoms with Gasteiger partial charge < -0.3 is 9.84 Å². The van der Waals surface area contributed by atoms with Crippen LogP contribution in [-0.4, -0.2) is 23.8 Å². The maximum Gasteiger partial charge on any atom is 0.311 e. The topological polar surface area (TPSA) is 46.5 Å². The zero-order valence-electron chi connectivity index (χ0n) is 15.9. The summed E-state index contributed by atoms with van der Waals surface area (Å²) in [6.07, 6.45) is 11.5. The zero-order chi connectivity index (χ0) is 17.9. The van der Waals surface area contributed by atoms with Crippen LogP contribution in [0, 0.1) is 35.0 Å². The number of carbonyl (C=O) groups excluding carboxylic acids is 1. The van der Waals surface area contributed by atoms with Gasteiger partial charge in [0.05, 0.1) is 5.41 Å². The van der Waals surface area contributed by atoms with E-state index in [4.69, 9.17) is 4.74 Å². The van der Waals surface area contributed by atoms with Gasteiger partial charge in [-0.1, -0.05) is 38.2 Å². The Morgan fingerprint density at radius 2 is 2.04 bits per heavy atom. The molecule has 3 nitrogen and oxygen atoms in total. The predicted molar refractivity (Wildman–Crippen MR) is 97.3 cm³/mol. The van der Waals surface area contributed by atoms with Crippen LogP contribution in [0.25, 0.3) is 0 Å². The number of esters is 1. The normalized spacial score (nSPS) is 36.6. The van der Waals surface area contributed by atoms with Crippen molar-refractivity contribution in [3.8, 4) is 0 Å². The maximum atomic E-state index is 12.7. The van der Waals surface area contributed by atoms with Gasteiger partial charge in [0, 0.05) is 12.5 Å². The highest BCUT2D eigenvalue weighted by atomic mass is 16.5. The average molecular weight is 335 g/mol. The van der Waals surface area contributed by atoms with Crippen LogP contribution in [0.3, 0.4) is 0 Å². The second-order valence-corrected chi connectivity index (χ2v) is 8.27. The monoisotopic (exact) mass is 334 g/mol. The summed E-state index contributed by atoms with van der Waals surface area (Å²) in [7, 11) is 0. The first kappa shape index (κ1) is 19.2. The van der Waals surface area contributed by atoms with Crippen LogP contribution >= 0.6 is 0 Å². The average Bonchev–Trinajstić information content (AvgIpc) is 2.55. The molecule has 2 rings (SSSR count). The van der Waals surface area contributed by atoms with E-state index in [0.717, 1.165) is 19.3 Å². The molecule has 0 heterocycles. The van der Waals surface area contributed by atoms with E-state index in [1.807, 2.05) is 27.7 Å². The lowest BCUT2D eigenvalue weighted by molar-refractivity contribution is -0.170. The second-order valence-electron chi connectivity index (χ2n) is 8.27. The van der Waals surface area contributed by atoms with Crippen LogP contribution in [-0.2, 0) is 9.53 Å². The molecule has 3 heteroatoms. The molecule has 24 heavy (non-hydrogen) atoms. The number of aliphatic hydroxyl groups excluding tert-OH is 1. The van der Waals surface area contributed by atoms with Gasteiger partial charge in [0.25, 0.3) is 0 Å². The summed E-state index contributed by atoms with van der Waals surface area (Å²) in [6, 6.07) is 0. The van der Waals surface area contributed by atoms with Crippen molar-refractivity contribution in [1.82, 2.24) is 0 Å². The third-order valence-electron chi connectivity index (χ3n) is 6.24. The van der Waals surface area contributed by atoms with Crippen LogP contribution in [0.5, 0.6) is 0 Å². The Morgan fingerprint density at radius 1 is 1.33 bits per heavy atom. The molecular formula is C21H34O3. The SMILES string of the molecule is CC=C[C@H]1C[C@H](OC(=O)C(C)(C)CC)[C@@H]2[C@@H](CO)[C@@H](C)C=C[C@H]2C1. The summed E-state index contributed by atoms with van der Waals surface area (Å²) < 4.78 is 6.06. The molecule has 0 aromatic carbocycles. The van der Waals surface area contributed by atoms with Crippen LogP contribution in [0.2, 0.25) is 0 Å². The van der Waals surface area contributed by atoms with E-state index in [0.29, 0.717) is 17.8 Å². The fourth-order valence-corrected chi connectivity index (χ4v) is 4.23. The number of allylic oxidation sites excluding steroid dienone is 4. The van der Waals surface area contributed by atoms with Crippen LogP contribution in [0.4, 0.5) is 0 Å². The first-order valence-electron chi connectivity index (χ1n) is 9.47. The van der Waals surface area contributed by atoms with Crippen molar-refractivity contribution in [3.05, 3.63) is 24.3 Å². The third kappa shape index (κ3) is 3.93. The molecule has 0 aromatic rings. The first-order valence-corrected chi connectivity index (χ1v) is 9.47. The number of carbonyl (C=O) groups is 1. The van der Waals surface area contributed by atoms with E-state index in [1.54, 1.807) is 0 Å². The van der Waals surface area contributed by atoms with Gasteiger partial charge in [0.2, 0.25) is 0 Å². The van der Waals surface area contributed by atoms with E-state index in [1.165, 1.54) is 0 Å². The van der Waals surface area contributed by atoms with Crippen LogP contribution in [0.1, 0.15) is 53.9 Å². The molecule has 0 aliphatic heterocycles. The maximum absolute atomic E-state index is 12.7. The first-order chi connectivity index (χ1) is 11.3. The summed E-state index contributed by atoms with van der Waals surface area (Å²) in [4.78, 5) is 12.7. The fourth-order valence-electron chi connectivity index (χ4n) is 4.23. The second kappa shape index (κ2) is 7.86. The van der Waals surface area contributed by atoms with Gasteiger partial charge in [-0.15, -0.1) is 0 Å². The molecule has 0 saturated heterocycles. The minimum atomic E-state index is -0.451. The van der Waals surface area contributed by atoms with Crippen molar-refractivity contribution >= 4 is 5.97 Å². The van der Waals surface area contributed by atoms with E-state index in [9.17, 15) is 9.90 Å². The molecule has 1 saturated carbocycles. The van der Waals surface area contributed by atoms with Crippen molar-refractivity contribution in [2.24, 2.45) is 35.0 Å². The van der Waals surface area contributed by atoms with Gasteiger partial charge in [-0.2, -0.15) is 0 Å². The number of ether oxygens (including phenoxy) is 1. The minimum Gasteiger partial charge on any atom is -0.462 e. The van der Waals surface area contributed by atoms with Crippen molar-refractivity contribution in [3.63, 3.8) is 0 Å². The molecule has 2 aliphatic rings. The Bertz CT molecular complexity index is 491. The predicted octanol–water partition coefficient (Wildman–Crippen LogP) is 4.37. The Hall–Kier alpha value is -1.09. The van der Waals surface area contributed by atoms with Crippen molar-refractivity contribution in [2.45, 2.75) is 60.0 Å². The Morgan fingerprint density at radius 3 is 2.62 bits per heavy atom. The number of aliphatic hydroxyl groups is 1. The standard InChI is InChI=1S/C21H34O3/c1-6-8-15-11-16-10-9-14(3)17(13-22)19(16)18(12-15)24-20(23)21(4,5)7-2/h6,8-10,14-19,22H,7,11-13H2,1-5H3/t14-,15+,16-,17-,18-,19-/m0/s1. The summed E-state index contributed by atoms with van der Waals surface area (Å²) in [5, 5.41) is 9.94. The highest BCUT2D eigenvalue weighted by Gasteiger charge is 2.46. The molecule has 1 fully saturated rings. The lowest BCUT2D eigenvalue weighted by Gasteiger charge is -2.47. The largest absolute Gasteiger partial charge is 0.462 e. The van der Waals surface area contributed by atoms with Gasteiger partial charge in [0.15, 0.2) is 0 Å².